The number of Topliss-reactive ketones (excluding diaryl/α,β-unsaturated/α-hetero) is 1. The molecule has 2 N–H and O–H groups in total. The quantitative estimate of drug-likeness (QED) is 0.835. The Bertz CT molecular complexity index is 738. The first-order valence-corrected chi connectivity index (χ1v) is 8.46. The van der Waals surface area contributed by atoms with E-state index in [1.165, 1.54) is 19.3 Å². The lowest BCUT2D eigenvalue weighted by Crippen LogP contribution is -2.50. The molecule has 0 radical (unpaired) electrons. The lowest BCUT2D eigenvalue weighted by atomic mass is 9.48. The smallest absolute Gasteiger partial charge is 0.206 e. The molecule has 114 valence electrons. The van der Waals surface area contributed by atoms with Crippen molar-refractivity contribution in [2.24, 2.45) is 23.2 Å². The van der Waals surface area contributed by atoms with Crippen LogP contribution in [0.15, 0.2) is 28.7 Å². The zero-order chi connectivity index (χ0) is 14.9. The molecular formula is C19H21NO2. The van der Waals surface area contributed by atoms with E-state index in [2.05, 4.69) is 0 Å². The van der Waals surface area contributed by atoms with Crippen molar-refractivity contribution in [2.45, 2.75) is 38.5 Å². The summed E-state index contributed by atoms with van der Waals surface area (Å²) in [6.45, 7) is 0. The van der Waals surface area contributed by atoms with E-state index in [1.54, 1.807) is 0 Å². The van der Waals surface area contributed by atoms with Crippen molar-refractivity contribution in [1.29, 1.82) is 0 Å². The van der Waals surface area contributed by atoms with Crippen LogP contribution in [-0.2, 0) is 0 Å². The van der Waals surface area contributed by atoms with Gasteiger partial charge < -0.3 is 10.2 Å². The molecule has 0 aliphatic heterocycles. The predicted molar refractivity (Wildman–Crippen MR) is 85.6 cm³/mol. The molecule has 0 atom stereocenters. The Morgan fingerprint density at radius 1 is 1.05 bits per heavy atom. The standard InChI is InChI=1S/C19H21NO2/c20-16-14-3-1-2-4-15(14)22-17(16)18(21)19-8-11-5-12(9-19)7-13(6-11)10-19/h1-4,11-13H,5-10,20H2. The average molecular weight is 295 g/mol. The highest BCUT2D eigenvalue weighted by atomic mass is 16.3. The number of anilines is 1. The van der Waals surface area contributed by atoms with Gasteiger partial charge in [0.2, 0.25) is 5.78 Å². The summed E-state index contributed by atoms with van der Waals surface area (Å²) in [6.07, 6.45) is 7.16. The Balaban J connectivity index is 1.60. The first-order chi connectivity index (χ1) is 10.6. The number of fused-ring (bicyclic) bond motifs is 1. The van der Waals surface area contributed by atoms with Crippen molar-refractivity contribution in [3.05, 3.63) is 30.0 Å². The molecule has 4 bridgehead atoms. The summed E-state index contributed by atoms with van der Waals surface area (Å²) in [6, 6.07) is 7.68. The SMILES string of the molecule is Nc1c(C(=O)C23CC4CC(CC(C4)C2)C3)oc2ccccc12. The molecule has 4 aliphatic rings. The molecule has 22 heavy (non-hydrogen) atoms. The van der Waals surface area contributed by atoms with E-state index in [0.29, 0.717) is 11.4 Å². The molecular weight excluding hydrogens is 274 g/mol. The molecule has 1 aromatic carbocycles. The summed E-state index contributed by atoms with van der Waals surface area (Å²) in [7, 11) is 0. The second-order valence-corrected chi connectivity index (χ2v) is 7.87. The summed E-state index contributed by atoms with van der Waals surface area (Å²) in [5.74, 6) is 2.85. The molecule has 0 spiro atoms. The molecule has 4 saturated carbocycles. The van der Waals surface area contributed by atoms with Gasteiger partial charge in [-0.1, -0.05) is 12.1 Å². The number of nitrogens with two attached hydrogens (primary N) is 1. The normalized spacial score (nSPS) is 36.1. The highest BCUT2D eigenvalue weighted by molar-refractivity contribution is 6.08. The van der Waals surface area contributed by atoms with Crippen LogP contribution in [0.3, 0.4) is 0 Å². The van der Waals surface area contributed by atoms with E-state index in [9.17, 15) is 4.79 Å². The molecule has 0 unspecified atom stereocenters. The van der Waals surface area contributed by atoms with Crippen molar-refractivity contribution in [3.63, 3.8) is 0 Å². The molecule has 4 aliphatic carbocycles. The largest absolute Gasteiger partial charge is 0.451 e. The van der Waals surface area contributed by atoms with Gasteiger partial charge in [0, 0.05) is 10.8 Å². The Morgan fingerprint density at radius 3 is 2.23 bits per heavy atom. The molecule has 4 fully saturated rings. The fourth-order valence-corrected chi connectivity index (χ4v) is 5.86. The van der Waals surface area contributed by atoms with Crippen LogP contribution in [0.4, 0.5) is 5.69 Å². The number of benzene rings is 1. The fourth-order valence-electron chi connectivity index (χ4n) is 5.86. The van der Waals surface area contributed by atoms with E-state index in [-0.39, 0.29) is 11.2 Å². The number of furan rings is 1. The zero-order valence-corrected chi connectivity index (χ0v) is 12.7. The molecule has 3 heteroatoms. The second kappa shape index (κ2) is 4.15. The highest BCUT2D eigenvalue weighted by Gasteiger charge is 2.55. The van der Waals surface area contributed by atoms with Gasteiger partial charge >= 0.3 is 0 Å². The number of para-hydroxylation sites is 1. The van der Waals surface area contributed by atoms with Gasteiger partial charge in [0.05, 0.1) is 5.69 Å². The van der Waals surface area contributed by atoms with Crippen LogP contribution in [0.1, 0.15) is 49.1 Å². The van der Waals surface area contributed by atoms with Gasteiger partial charge in [-0.2, -0.15) is 0 Å². The van der Waals surface area contributed by atoms with E-state index in [4.69, 9.17) is 10.2 Å². The maximum Gasteiger partial charge on any atom is 0.206 e. The first kappa shape index (κ1) is 12.7. The molecule has 2 aromatic rings. The van der Waals surface area contributed by atoms with E-state index < -0.39 is 0 Å². The van der Waals surface area contributed by atoms with Gasteiger partial charge in [-0.25, -0.2) is 0 Å². The summed E-state index contributed by atoms with van der Waals surface area (Å²) in [4.78, 5) is 13.3. The topological polar surface area (TPSA) is 56.2 Å². The third-order valence-corrected chi connectivity index (χ3v) is 6.36. The maximum atomic E-state index is 13.3. The van der Waals surface area contributed by atoms with E-state index in [1.807, 2.05) is 24.3 Å². The molecule has 0 saturated heterocycles. The fraction of sp³-hybridized carbons (Fsp3) is 0.526. The Kier molecular flexibility index (Phi) is 2.41. The first-order valence-electron chi connectivity index (χ1n) is 8.46. The van der Waals surface area contributed by atoms with Crippen molar-refractivity contribution in [1.82, 2.24) is 0 Å². The van der Waals surface area contributed by atoms with Crippen LogP contribution in [0.2, 0.25) is 0 Å². The van der Waals surface area contributed by atoms with Gasteiger partial charge in [0.15, 0.2) is 5.76 Å². The molecule has 0 amide bonds. The zero-order valence-electron chi connectivity index (χ0n) is 12.7. The van der Waals surface area contributed by atoms with Crippen LogP contribution in [0.5, 0.6) is 0 Å². The second-order valence-electron chi connectivity index (χ2n) is 7.87. The monoisotopic (exact) mass is 295 g/mol. The van der Waals surface area contributed by atoms with Crippen LogP contribution in [-0.4, -0.2) is 5.78 Å². The van der Waals surface area contributed by atoms with Gasteiger partial charge in [0.25, 0.3) is 0 Å². The van der Waals surface area contributed by atoms with Crippen LogP contribution < -0.4 is 5.73 Å². The Labute approximate surface area is 129 Å². The Hall–Kier alpha value is -1.77. The summed E-state index contributed by atoms with van der Waals surface area (Å²) >= 11 is 0. The number of ketones is 1. The molecule has 1 aromatic heterocycles. The summed E-state index contributed by atoms with van der Waals surface area (Å²) in [5.41, 5.74) is 7.33. The lowest BCUT2D eigenvalue weighted by molar-refractivity contribution is -0.0363. The molecule has 1 heterocycles. The minimum absolute atomic E-state index is 0.181. The number of carbonyl (C=O) groups is 1. The highest BCUT2D eigenvalue weighted by Crippen LogP contribution is 2.61. The third-order valence-electron chi connectivity index (χ3n) is 6.36. The van der Waals surface area contributed by atoms with Gasteiger partial charge in [0.1, 0.15) is 5.58 Å². The number of nitrogen functional groups attached to an aromatic ring is 1. The minimum atomic E-state index is -0.184. The van der Waals surface area contributed by atoms with Crippen LogP contribution >= 0.6 is 0 Å². The minimum Gasteiger partial charge on any atom is -0.451 e. The van der Waals surface area contributed by atoms with Crippen molar-refractivity contribution < 1.29 is 9.21 Å². The van der Waals surface area contributed by atoms with Crippen molar-refractivity contribution in [3.8, 4) is 0 Å². The lowest BCUT2D eigenvalue weighted by Gasteiger charge is -2.55. The number of rotatable bonds is 2. The van der Waals surface area contributed by atoms with Crippen molar-refractivity contribution in [2.75, 3.05) is 5.73 Å². The third kappa shape index (κ3) is 1.60. The summed E-state index contributed by atoms with van der Waals surface area (Å²) in [5, 5.41) is 0.871. The van der Waals surface area contributed by atoms with Gasteiger partial charge in [-0.3, -0.25) is 4.79 Å². The van der Waals surface area contributed by atoms with E-state index >= 15 is 0 Å². The van der Waals surface area contributed by atoms with Gasteiger partial charge in [-0.05, 0) is 68.4 Å². The molecule has 3 nitrogen and oxygen atoms in total. The predicted octanol–water partition coefficient (Wildman–Crippen LogP) is 4.41. The summed E-state index contributed by atoms with van der Waals surface area (Å²) < 4.78 is 5.88. The number of hydrogen-bond donors (Lipinski definition) is 1. The van der Waals surface area contributed by atoms with Crippen LogP contribution in [0.25, 0.3) is 11.0 Å². The number of carbonyl (C=O) groups excluding carboxylic acids is 1. The maximum absolute atomic E-state index is 13.3. The van der Waals surface area contributed by atoms with Gasteiger partial charge in [-0.15, -0.1) is 0 Å². The Morgan fingerprint density at radius 2 is 1.64 bits per heavy atom. The van der Waals surface area contributed by atoms with Crippen LogP contribution in [0, 0.1) is 23.2 Å². The average Bonchev–Trinajstić information content (AvgIpc) is 2.83. The van der Waals surface area contributed by atoms with E-state index in [0.717, 1.165) is 48.0 Å². The van der Waals surface area contributed by atoms with Crippen molar-refractivity contribution >= 4 is 22.4 Å². The number of hydrogen-bond acceptors (Lipinski definition) is 3. The molecule has 6 rings (SSSR count).